The van der Waals surface area contributed by atoms with E-state index in [1.807, 2.05) is 26.8 Å². The molecule has 0 aliphatic carbocycles. The van der Waals surface area contributed by atoms with Gasteiger partial charge in [-0.2, -0.15) is 5.10 Å². The fourth-order valence-electron chi connectivity index (χ4n) is 5.16. The Hall–Kier alpha value is -4.77. The van der Waals surface area contributed by atoms with Gasteiger partial charge in [0.2, 0.25) is 0 Å². The van der Waals surface area contributed by atoms with Crippen LogP contribution in [0, 0.1) is 27.7 Å². The SMILES string of the molecule is CCOc1cc([C@@H]2NC(=O)NC(C)=C2C(=O)OC)ccc1OC[C@H](O)N/N=C\c1cc(C)n(-c2ccc(C)cc2C)c1C. The highest BCUT2D eigenvalue weighted by molar-refractivity contribution is 5.95. The van der Waals surface area contributed by atoms with Crippen LogP contribution < -0.4 is 25.5 Å². The Balaban J connectivity index is 1.44. The summed E-state index contributed by atoms with van der Waals surface area (Å²) in [6.07, 6.45) is 0.571. The average molecular weight is 590 g/mol. The van der Waals surface area contributed by atoms with Crippen molar-refractivity contribution < 1.29 is 28.9 Å². The second-order valence-corrected chi connectivity index (χ2v) is 10.4. The van der Waals surface area contributed by atoms with E-state index in [0.29, 0.717) is 29.4 Å². The normalized spacial score (nSPS) is 15.6. The molecule has 0 unspecified atom stereocenters. The fourth-order valence-corrected chi connectivity index (χ4v) is 5.16. The van der Waals surface area contributed by atoms with Crippen molar-refractivity contribution in [1.29, 1.82) is 0 Å². The van der Waals surface area contributed by atoms with Crippen molar-refractivity contribution in [1.82, 2.24) is 20.6 Å². The van der Waals surface area contributed by atoms with E-state index in [1.165, 1.54) is 18.2 Å². The maximum Gasteiger partial charge on any atom is 0.337 e. The third kappa shape index (κ3) is 7.00. The standard InChI is InChI=1S/C32H39N5O6/c1-8-42-27-15-23(30-29(31(39)41-7)21(5)34-32(40)35-30)10-12-26(27)43-17-28(38)36-33-16-24-14-20(4)37(22(24)6)25-11-9-18(2)13-19(25)3/h9-16,28,30,36,38H,8,17H2,1-7H3,(H2,34,35,40)/b33-16-/t28-,30-/m0/s1. The number of aliphatic hydroxyl groups is 1. The Bertz CT molecular complexity index is 1570. The first-order valence-corrected chi connectivity index (χ1v) is 14.0. The quantitative estimate of drug-likeness (QED) is 0.114. The number of nitrogens with zero attached hydrogens (tertiary/aromatic N) is 2. The lowest BCUT2D eigenvalue weighted by Crippen LogP contribution is -2.45. The van der Waals surface area contributed by atoms with Gasteiger partial charge in [0.05, 0.1) is 31.5 Å². The number of hydrogen-bond donors (Lipinski definition) is 4. The summed E-state index contributed by atoms with van der Waals surface area (Å²) in [5.41, 5.74) is 10.5. The minimum absolute atomic E-state index is 0.116. The van der Waals surface area contributed by atoms with Crippen LogP contribution in [0.3, 0.4) is 0 Å². The number of nitrogens with one attached hydrogen (secondary N) is 3. The summed E-state index contributed by atoms with van der Waals surface area (Å²) in [5, 5.41) is 20.1. The molecule has 0 bridgehead atoms. The highest BCUT2D eigenvalue weighted by Gasteiger charge is 2.32. The molecule has 1 aliphatic rings. The molecule has 0 spiro atoms. The molecule has 2 amide bonds. The maximum absolute atomic E-state index is 12.5. The molecule has 1 aliphatic heterocycles. The number of carbonyl (C=O) groups excluding carboxylic acids is 2. The van der Waals surface area contributed by atoms with Crippen LogP contribution in [0.5, 0.6) is 11.5 Å². The number of esters is 1. The molecule has 4 N–H and O–H groups in total. The summed E-state index contributed by atoms with van der Waals surface area (Å²) in [5.74, 6) is 0.215. The number of rotatable bonds is 11. The van der Waals surface area contributed by atoms with Crippen molar-refractivity contribution in [2.24, 2.45) is 5.10 Å². The highest BCUT2D eigenvalue weighted by atomic mass is 16.5. The number of aryl methyl sites for hydroxylation is 3. The van der Waals surface area contributed by atoms with E-state index in [0.717, 1.165) is 22.6 Å². The Labute approximate surface area is 251 Å². The predicted molar refractivity (Wildman–Crippen MR) is 164 cm³/mol. The lowest BCUT2D eigenvalue weighted by Gasteiger charge is -2.28. The second-order valence-electron chi connectivity index (χ2n) is 10.4. The third-order valence-electron chi connectivity index (χ3n) is 7.16. The second kappa shape index (κ2) is 13.5. The first-order valence-electron chi connectivity index (χ1n) is 14.0. The van der Waals surface area contributed by atoms with E-state index < -0.39 is 24.3 Å². The number of benzene rings is 2. The van der Waals surface area contributed by atoms with Crippen LogP contribution in [0.1, 0.15) is 53.5 Å². The van der Waals surface area contributed by atoms with Gasteiger partial charge in [-0.25, -0.2) is 9.59 Å². The fraction of sp³-hybridized carbons (Fsp3) is 0.344. The Morgan fingerprint density at radius 2 is 1.86 bits per heavy atom. The summed E-state index contributed by atoms with van der Waals surface area (Å²) in [6.45, 7) is 12.0. The molecule has 4 rings (SSSR count). The smallest absolute Gasteiger partial charge is 0.337 e. The van der Waals surface area contributed by atoms with Crippen LogP contribution in [0.15, 0.2) is 58.8 Å². The van der Waals surface area contributed by atoms with Gasteiger partial charge in [0, 0.05) is 28.3 Å². The Kier molecular flexibility index (Phi) is 9.77. The van der Waals surface area contributed by atoms with Gasteiger partial charge in [-0.3, -0.25) is 5.43 Å². The molecule has 2 aromatic carbocycles. The van der Waals surface area contributed by atoms with E-state index in [-0.39, 0.29) is 12.2 Å². The number of aliphatic hydroxyl groups excluding tert-OH is 1. The monoisotopic (exact) mass is 589 g/mol. The minimum Gasteiger partial charge on any atom is -0.490 e. The van der Waals surface area contributed by atoms with Crippen molar-refractivity contribution in [3.63, 3.8) is 0 Å². The third-order valence-corrected chi connectivity index (χ3v) is 7.16. The molecule has 11 heteroatoms. The number of urea groups is 1. The molecule has 228 valence electrons. The Morgan fingerprint density at radius 1 is 1.09 bits per heavy atom. The van der Waals surface area contributed by atoms with Gasteiger partial charge >= 0.3 is 12.0 Å². The van der Waals surface area contributed by atoms with Gasteiger partial charge < -0.3 is 34.5 Å². The summed E-state index contributed by atoms with van der Waals surface area (Å²) in [7, 11) is 1.28. The summed E-state index contributed by atoms with van der Waals surface area (Å²) in [6, 6.07) is 12.3. The molecule has 2 atom stereocenters. The number of amides is 2. The average Bonchev–Trinajstić information content (AvgIpc) is 3.24. The molecule has 2 heterocycles. The van der Waals surface area contributed by atoms with Crippen LogP contribution in [0.2, 0.25) is 0 Å². The molecule has 0 saturated heterocycles. The van der Waals surface area contributed by atoms with E-state index in [9.17, 15) is 14.7 Å². The Morgan fingerprint density at radius 3 is 2.56 bits per heavy atom. The van der Waals surface area contributed by atoms with E-state index >= 15 is 0 Å². The predicted octanol–water partition coefficient (Wildman–Crippen LogP) is 4.23. The number of methoxy groups -OCH3 is 1. The molecule has 0 fully saturated rings. The van der Waals surface area contributed by atoms with Crippen molar-refractivity contribution in [2.75, 3.05) is 20.3 Å². The molecule has 43 heavy (non-hydrogen) atoms. The van der Waals surface area contributed by atoms with Crippen molar-refractivity contribution >= 4 is 18.2 Å². The topological polar surface area (TPSA) is 135 Å². The van der Waals surface area contributed by atoms with Gasteiger partial charge in [0.15, 0.2) is 17.7 Å². The summed E-state index contributed by atoms with van der Waals surface area (Å²) in [4.78, 5) is 24.6. The lowest BCUT2D eigenvalue weighted by molar-refractivity contribution is -0.136. The zero-order chi connectivity index (χ0) is 31.3. The first kappa shape index (κ1) is 31.2. The van der Waals surface area contributed by atoms with Gasteiger partial charge in [0.1, 0.15) is 6.61 Å². The largest absolute Gasteiger partial charge is 0.490 e. The minimum atomic E-state index is -1.10. The molecular formula is C32H39N5O6. The molecule has 11 nitrogen and oxygen atoms in total. The molecule has 1 aromatic heterocycles. The van der Waals surface area contributed by atoms with E-state index in [4.69, 9.17) is 14.2 Å². The number of ether oxygens (including phenoxy) is 3. The van der Waals surface area contributed by atoms with Crippen LogP contribution in [-0.4, -0.2) is 54.4 Å². The molecular weight excluding hydrogens is 550 g/mol. The van der Waals surface area contributed by atoms with Crippen LogP contribution >= 0.6 is 0 Å². The van der Waals surface area contributed by atoms with E-state index in [1.54, 1.807) is 31.3 Å². The van der Waals surface area contributed by atoms with Crippen molar-refractivity contribution in [3.05, 3.63) is 87.4 Å². The van der Waals surface area contributed by atoms with Crippen LogP contribution in [-0.2, 0) is 9.53 Å². The lowest BCUT2D eigenvalue weighted by atomic mass is 9.95. The van der Waals surface area contributed by atoms with Crippen molar-refractivity contribution in [2.45, 2.75) is 53.8 Å². The molecule has 3 aromatic rings. The maximum atomic E-state index is 12.5. The number of hydrazone groups is 1. The number of allylic oxidation sites excluding steroid dienone is 1. The number of aromatic nitrogens is 1. The number of carbonyl (C=O) groups is 2. The van der Waals surface area contributed by atoms with Gasteiger partial charge in [0.25, 0.3) is 0 Å². The van der Waals surface area contributed by atoms with Gasteiger partial charge in [-0.1, -0.05) is 23.8 Å². The molecule has 0 saturated carbocycles. The molecule has 0 radical (unpaired) electrons. The van der Waals surface area contributed by atoms with Crippen LogP contribution in [0.4, 0.5) is 4.79 Å². The zero-order valence-corrected chi connectivity index (χ0v) is 25.6. The van der Waals surface area contributed by atoms with Crippen molar-refractivity contribution in [3.8, 4) is 17.2 Å². The number of hydrogen-bond acceptors (Lipinski definition) is 8. The van der Waals surface area contributed by atoms with E-state index in [2.05, 4.69) is 57.8 Å². The zero-order valence-electron chi connectivity index (χ0n) is 25.6. The summed E-state index contributed by atoms with van der Waals surface area (Å²) >= 11 is 0. The van der Waals surface area contributed by atoms with Crippen LogP contribution in [0.25, 0.3) is 5.69 Å². The summed E-state index contributed by atoms with van der Waals surface area (Å²) < 4.78 is 18.7. The highest BCUT2D eigenvalue weighted by Crippen LogP contribution is 2.35. The van der Waals surface area contributed by atoms with Gasteiger partial charge in [-0.15, -0.1) is 0 Å². The van der Waals surface area contributed by atoms with Gasteiger partial charge in [-0.05, 0) is 76.9 Å². The first-order chi connectivity index (χ1) is 20.5.